The number of benzene rings is 1. The molecule has 3 heterocycles. The van der Waals surface area contributed by atoms with Gasteiger partial charge in [0.05, 0.1) is 30.2 Å². The lowest BCUT2D eigenvalue weighted by atomic mass is 10.2. The molecule has 1 aromatic carbocycles. The quantitative estimate of drug-likeness (QED) is 0.602. The van der Waals surface area contributed by atoms with Crippen LogP contribution in [0.15, 0.2) is 42.9 Å². The molecule has 1 N–H and O–H groups in total. The third-order valence-corrected chi connectivity index (χ3v) is 4.31. The average molecular weight is 351 g/mol. The Balaban J connectivity index is 1.49. The van der Waals surface area contributed by atoms with E-state index in [0.717, 1.165) is 34.1 Å². The van der Waals surface area contributed by atoms with Gasteiger partial charge in [0.25, 0.3) is 5.91 Å². The Kier molecular flexibility index (Phi) is 3.90. The van der Waals surface area contributed by atoms with Crippen molar-refractivity contribution < 1.29 is 4.79 Å². The highest BCUT2D eigenvalue weighted by Crippen LogP contribution is 2.16. The van der Waals surface area contributed by atoms with Crippen molar-refractivity contribution in [1.82, 2.24) is 33.8 Å². The minimum absolute atomic E-state index is 0.169. The van der Waals surface area contributed by atoms with Crippen LogP contribution in [0.2, 0.25) is 0 Å². The van der Waals surface area contributed by atoms with Crippen LogP contribution in [-0.4, -0.2) is 34.4 Å². The number of carbonyl (C=O) groups excluding carboxylic acids is 1. The Bertz CT molecular complexity index is 1040. The van der Waals surface area contributed by atoms with Crippen molar-refractivity contribution in [2.75, 3.05) is 0 Å². The van der Waals surface area contributed by atoms with Crippen molar-refractivity contribution in [2.24, 2.45) is 7.05 Å². The summed E-state index contributed by atoms with van der Waals surface area (Å²) in [5.74, 6) is -0.169. The van der Waals surface area contributed by atoms with Gasteiger partial charge in [-0.3, -0.25) is 19.4 Å². The lowest BCUT2D eigenvalue weighted by Gasteiger charge is -2.05. The number of rotatable bonds is 4. The molecule has 0 aliphatic heterocycles. The fraction of sp³-hybridized carbons (Fsp3) is 0.125. The molecule has 0 spiro atoms. The van der Waals surface area contributed by atoms with E-state index in [9.17, 15) is 4.79 Å². The highest BCUT2D eigenvalue weighted by Gasteiger charge is 2.11. The van der Waals surface area contributed by atoms with Gasteiger partial charge in [0.1, 0.15) is 22.4 Å². The Morgan fingerprint density at radius 3 is 2.88 bits per heavy atom. The second-order valence-electron chi connectivity index (χ2n) is 5.39. The number of aromatic nitrogens is 6. The van der Waals surface area contributed by atoms with Crippen molar-refractivity contribution in [2.45, 2.75) is 6.54 Å². The van der Waals surface area contributed by atoms with Gasteiger partial charge < -0.3 is 5.32 Å². The van der Waals surface area contributed by atoms with Gasteiger partial charge in [-0.15, -0.1) is 0 Å². The number of nitrogens with one attached hydrogen (secondary N) is 1. The molecule has 124 valence electrons. The average Bonchev–Trinajstić information content (AvgIpc) is 3.26. The first-order valence-electron chi connectivity index (χ1n) is 7.50. The SMILES string of the molecule is Cn1nc(-c2cnccn2)cc1CNC(=O)c1ccc2nsnc2c1. The predicted molar refractivity (Wildman–Crippen MR) is 92.8 cm³/mol. The molecule has 0 bridgehead atoms. The van der Waals surface area contributed by atoms with E-state index >= 15 is 0 Å². The minimum Gasteiger partial charge on any atom is -0.346 e. The zero-order valence-corrected chi connectivity index (χ0v) is 14.1. The Morgan fingerprint density at radius 1 is 1.16 bits per heavy atom. The van der Waals surface area contributed by atoms with Crippen LogP contribution >= 0.6 is 11.7 Å². The Morgan fingerprint density at radius 2 is 2.04 bits per heavy atom. The van der Waals surface area contributed by atoms with Gasteiger partial charge in [-0.1, -0.05) is 0 Å². The highest BCUT2D eigenvalue weighted by molar-refractivity contribution is 7.00. The lowest BCUT2D eigenvalue weighted by molar-refractivity contribution is 0.0950. The van der Waals surface area contributed by atoms with Crippen LogP contribution < -0.4 is 5.32 Å². The molecule has 0 aliphatic carbocycles. The number of nitrogens with zero attached hydrogens (tertiary/aromatic N) is 6. The van der Waals surface area contributed by atoms with Gasteiger partial charge in [-0.2, -0.15) is 13.8 Å². The third-order valence-electron chi connectivity index (χ3n) is 3.75. The Hall–Kier alpha value is -3.20. The lowest BCUT2D eigenvalue weighted by Crippen LogP contribution is -2.24. The predicted octanol–water partition coefficient (Wildman–Crippen LogP) is 1.81. The minimum atomic E-state index is -0.169. The van der Waals surface area contributed by atoms with Crippen LogP contribution in [0.5, 0.6) is 0 Å². The van der Waals surface area contributed by atoms with Crippen molar-refractivity contribution in [3.63, 3.8) is 0 Å². The molecule has 4 rings (SSSR count). The molecule has 8 nitrogen and oxygen atoms in total. The normalized spacial score (nSPS) is 10.9. The summed E-state index contributed by atoms with van der Waals surface area (Å²) in [4.78, 5) is 20.6. The van der Waals surface area contributed by atoms with E-state index in [1.54, 1.807) is 41.5 Å². The first-order valence-corrected chi connectivity index (χ1v) is 8.23. The van der Waals surface area contributed by atoms with Crippen molar-refractivity contribution >= 4 is 28.7 Å². The zero-order chi connectivity index (χ0) is 17.2. The molecule has 9 heteroatoms. The molecule has 3 aromatic heterocycles. The molecule has 0 aliphatic rings. The molecular formula is C16H13N7OS. The summed E-state index contributed by atoms with van der Waals surface area (Å²) in [6, 6.07) is 7.16. The van der Waals surface area contributed by atoms with Crippen LogP contribution in [0.4, 0.5) is 0 Å². The molecule has 0 unspecified atom stereocenters. The topological polar surface area (TPSA) is 98.5 Å². The number of fused-ring (bicyclic) bond motifs is 1. The van der Waals surface area contributed by atoms with Crippen molar-refractivity contribution in [3.05, 3.63) is 54.1 Å². The maximum Gasteiger partial charge on any atom is 0.251 e. The molecule has 0 radical (unpaired) electrons. The molecule has 4 aromatic rings. The fourth-order valence-electron chi connectivity index (χ4n) is 2.42. The molecule has 25 heavy (non-hydrogen) atoms. The summed E-state index contributed by atoms with van der Waals surface area (Å²) in [6.45, 7) is 0.357. The van der Waals surface area contributed by atoms with E-state index < -0.39 is 0 Å². The summed E-state index contributed by atoms with van der Waals surface area (Å²) < 4.78 is 10.0. The maximum absolute atomic E-state index is 12.4. The fourth-order valence-corrected chi connectivity index (χ4v) is 2.94. The summed E-state index contributed by atoms with van der Waals surface area (Å²) in [5, 5.41) is 7.31. The molecule has 0 saturated carbocycles. The molecular weight excluding hydrogens is 338 g/mol. The number of amides is 1. The maximum atomic E-state index is 12.4. The number of hydrogen-bond donors (Lipinski definition) is 1. The van der Waals surface area contributed by atoms with Gasteiger partial charge in [0.15, 0.2) is 0 Å². The number of hydrogen-bond acceptors (Lipinski definition) is 7. The van der Waals surface area contributed by atoms with E-state index in [1.807, 2.05) is 13.1 Å². The summed E-state index contributed by atoms with van der Waals surface area (Å²) >= 11 is 1.13. The third kappa shape index (κ3) is 3.09. The van der Waals surface area contributed by atoms with Crippen molar-refractivity contribution in [3.8, 4) is 11.4 Å². The molecule has 0 atom stereocenters. The summed E-state index contributed by atoms with van der Waals surface area (Å²) in [7, 11) is 1.83. The first kappa shape index (κ1) is 15.3. The molecule has 1 amide bonds. The van der Waals surface area contributed by atoms with Crippen LogP contribution in [-0.2, 0) is 13.6 Å². The summed E-state index contributed by atoms with van der Waals surface area (Å²) in [5.41, 5.74) is 4.35. The van der Waals surface area contributed by atoms with Gasteiger partial charge >= 0.3 is 0 Å². The molecule has 0 saturated heterocycles. The molecule has 0 fully saturated rings. The smallest absolute Gasteiger partial charge is 0.251 e. The number of carbonyl (C=O) groups is 1. The van der Waals surface area contributed by atoms with Crippen LogP contribution in [0.1, 0.15) is 16.1 Å². The summed E-state index contributed by atoms with van der Waals surface area (Å²) in [6.07, 6.45) is 4.89. The highest BCUT2D eigenvalue weighted by atomic mass is 32.1. The van der Waals surface area contributed by atoms with Gasteiger partial charge in [-0.05, 0) is 24.3 Å². The second kappa shape index (κ2) is 6.36. The van der Waals surface area contributed by atoms with Gasteiger partial charge in [0, 0.05) is 25.0 Å². The monoisotopic (exact) mass is 351 g/mol. The van der Waals surface area contributed by atoms with Gasteiger partial charge in [-0.25, -0.2) is 0 Å². The Labute approximate surface area is 146 Å². The first-order chi connectivity index (χ1) is 12.2. The van der Waals surface area contributed by atoms with E-state index in [0.29, 0.717) is 17.8 Å². The van der Waals surface area contributed by atoms with Crippen LogP contribution in [0.25, 0.3) is 22.4 Å². The van der Waals surface area contributed by atoms with Gasteiger partial charge in [0.2, 0.25) is 0 Å². The van der Waals surface area contributed by atoms with Crippen molar-refractivity contribution in [1.29, 1.82) is 0 Å². The second-order valence-corrected chi connectivity index (χ2v) is 5.91. The van der Waals surface area contributed by atoms with E-state index in [1.165, 1.54) is 0 Å². The van der Waals surface area contributed by atoms with E-state index in [2.05, 4.69) is 29.1 Å². The largest absolute Gasteiger partial charge is 0.346 e. The zero-order valence-electron chi connectivity index (χ0n) is 13.2. The standard InChI is InChI=1S/C16H13N7OS/c1-23-11(7-13(20-23)15-9-17-4-5-18-15)8-19-16(24)10-2-3-12-14(6-10)22-25-21-12/h2-7,9H,8H2,1H3,(H,19,24). The number of aryl methyl sites for hydroxylation is 1. The van der Waals surface area contributed by atoms with Crippen LogP contribution in [0, 0.1) is 0 Å². The van der Waals surface area contributed by atoms with E-state index in [4.69, 9.17) is 0 Å². The van der Waals surface area contributed by atoms with E-state index in [-0.39, 0.29) is 5.91 Å². The van der Waals surface area contributed by atoms with Crippen LogP contribution in [0.3, 0.4) is 0 Å².